The van der Waals surface area contributed by atoms with Crippen LogP contribution in [0, 0.1) is 11.8 Å². The molecule has 1 aromatic carbocycles. The number of anilines is 4. The summed E-state index contributed by atoms with van der Waals surface area (Å²) in [5, 5.41) is 14.9. The van der Waals surface area contributed by atoms with E-state index in [1.807, 2.05) is 65.1 Å². The molecule has 3 aromatic heterocycles. The normalized spacial score (nSPS) is 25.3. The van der Waals surface area contributed by atoms with Crippen LogP contribution in [-0.2, 0) is 19.1 Å². The molecule has 1 amide bonds. The first-order chi connectivity index (χ1) is 33.2. The average molecular weight is 948 g/mol. The van der Waals surface area contributed by atoms with Gasteiger partial charge in [-0.25, -0.2) is 9.78 Å². The van der Waals surface area contributed by atoms with E-state index in [0.717, 1.165) is 132 Å². The number of para-hydroxylation sites is 1. The number of carbonyl (C=O) groups is 2. The number of phenolic OH excluding ortho intramolecular Hbond substituents is 1. The SMILES string of the molecule is CC(C)[C@@H](C(=O)N1CCC[C@H]1C(=O)OC(C)(C)C)c1cc(N2CCC(CN3CCC(OC4CC(Oc5cc(N6C7CCC6CN(c6cc(-c8ccccc8O)[nH]c6N)C7)ccn5)C4)CC3)CC2)no1. The number of H-pyrrole nitrogens is 1. The van der Waals surface area contributed by atoms with Crippen molar-refractivity contribution >= 4 is 34.9 Å². The fraction of sp³-hybridized carbons (Fsp3) is 0.623. The van der Waals surface area contributed by atoms with Gasteiger partial charge >= 0.3 is 5.97 Å². The first-order valence-electron chi connectivity index (χ1n) is 25.8. The van der Waals surface area contributed by atoms with Crippen LogP contribution in [-0.4, -0.2) is 136 Å². The predicted molar refractivity (Wildman–Crippen MR) is 266 cm³/mol. The molecule has 5 aliphatic heterocycles. The van der Waals surface area contributed by atoms with E-state index in [2.05, 4.69) is 52.9 Å². The van der Waals surface area contributed by atoms with E-state index in [1.54, 1.807) is 11.0 Å². The Morgan fingerprint density at radius 1 is 0.884 bits per heavy atom. The van der Waals surface area contributed by atoms with Gasteiger partial charge in [0.05, 0.1) is 23.6 Å². The fourth-order valence-electron chi connectivity index (χ4n) is 12.0. The molecule has 1 aliphatic carbocycles. The highest BCUT2D eigenvalue weighted by atomic mass is 16.6. The van der Waals surface area contributed by atoms with Gasteiger partial charge in [0.1, 0.15) is 35.2 Å². The van der Waals surface area contributed by atoms with Crippen LogP contribution < -0.4 is 25.2 Å². The second kappa shape index (κ2) is 19.7. The lowest BCUT2D eigenvalue weighted by Crippen LogP contribution is -2.54. The summed E-state index contributed by atoms with van der Waals surface area (Å²) in [6.07, 6.45) is 12.2. The van der Waals surface area contributed by atoms with Crippen molar-refractivity contribution in [3.63, 3.8) is 0 Å². The Bertz CT molecular complexity index is 2400. The second-order valence-electron chi connectivity index (χ2n) is 22.0. The summed E-state index contributed by atoms with van der Waals surface area (Å²) >= 11 is 0. The number of aromatic hydroxyl groups is 1. The molecule has 6 fully saturated rings. The molecule has 4 aromatic rings. The summed E-state index contributed by atoms with van der Waals surface area (Å²) in [4.78, 5) is 46.5. The molecule has 2 unspecified atom stereocenters. The Kier molecular flexibility index (Phi) is 13.5. The average Bonchev–Trinajstić information content (AvgIpc) is 4.13. The third-order valence-electron chi connectivity index (χ3n) is 15.5. The lowest BCUT2D eigenvalue weighted by atomic mass is 9.91. The molecule has 16 nitrogen and oxygen atoms in total. The van der Waals surface area contributed by atoms with Crippen molar-refractivity contribution in [1.82, 2.24) is 24.9 Å². The van der Waals surface area contributed by atoms with Gasteiger partial charge < -0.3 is 59.1 Å². The van der Waals surface area contributed by atoms with E-state index in [1.165, 1.54) is 0 Å². The number of benzene rings is 1. The number of pyridine rings is 1. The van der Waals surface area contributed by atoms with Crippen LogP contribution in [0.2, 0.25) is 0 Å². The summed E-state index contributed by atoms with van der Waals surface area (Å²) < 4.78 is 24.6. The molecule has 69 heavy (non-hydrogen) atoms. The van der Waals surface area contributed by atoms with Crippen molar-refractivity contribution in [3.8, 4) is 22.9 Å². The van der Waals surface area contributed by atoms with Crippen LogP contribution in [0.25, 0.3) is 11.3 Å². The molecule has 16 heteroatoms. The highest BCUT2D eigenvalue weighted by Gasteiger charge is 2.44. The smallest absolute Gasteiger partial charge is 0.329 e. The van der Waals surface area contributed by atoms with E-state index in [0.29, 0.717) is 54.5 Å². The number of ether oxygens (including phenoxy) is 3. The maximum Gasteiger partial charge on any atom is 0.329 e. The fourth-order valence-corrected chi connectivity index (χ4v) is 12.0. The van der Waals surface area contributed by atoms with Crippen molar-refractivity contribution in [1.29, 1.82) is 0 Å². The number of nitrogens with two attached hydrogens (primary N) is 1. The van der Waals surface area contributed by atoms with Crippen LogP contribution in [0.1, 0.15) is 111 Å². The number of carbonyl (C=O) groups excluding carboxylic acids is 2. The van der Waals surface area contributed by atoms with Crippen molar-refractivity contribution in [2.75, 3.05) is 72.8 Å². The number of piperazine rings is 1. The highest BCUT2D eigenvalue weighted by molar-refractivity contribution is 5.89. The number of nitrogen functional groups attached to an aromatic ring is 1. The summed E-state index contributed by atoms with van der Waals surface area (Å²) in [7, 11) is 0. The largest absolute Gasteiger partial charge is 0.507 e. The van der Waals surface area contributed by atoms with Crippen LogP contribution in [0.5, 0.6) is 11.6 Å². The van der Waals surface area contributed by atoms with Crippen molar-refractivity contribution < 1.29 is 33.4 Å². The minimum atomic E-state index is -0.609. The van der Waals surface area contributed by atoms with Gasteiger partial charge in [-0.05, 0) is 108 Å². The second-order valence-corrected chi connectivity index (χ2v) is 22.0. The van der Waals surface area contributed by atoms with Gasteiger partial charge in [-0.15, -0.1) is 0 Å². The van der Waals surface area contributed by atoms with Gasteiger partial charge in [0.2, 0.25) is 11.8 Å². The first-order valence-corrected chi connectivity index (χ1v) is 25.8. The Balaban J connectivity index is 0.636. The van der Waals surface area contributed by atoms with Crippen LogP contribution in [0.15, 0.2) is 59.3 Å². The quantitative estimate of drug-likeness (QED) is 0.105. The topological polar surface area (TPSA) is 179 Å². The van der Waals surface area contributed by atoms with Gasteiger partial charge in [-0.2, -0.15) is 0 Å². The molecular formula is C53H73N9O7. The maximum absolute atomic E-state index is 14.0. The number of piperidine rings is 2. The van der Waals surface area contributed by atoms with E-state index in [9.17, 15) is 14.7 Å². The van der Waals surface area contributed by atoms with Gasteiger partial charge in [-0.3, -0.25) is 4.79 Å². The van der Waals surface area contributed by atoms with Crippen LogP contribution in [0.3, 0.4) is 0 Å². The van der Waals surface area contributed by atoms with Gasteiger partial charge in [0.25, 0.3) is 0 Å². The Hall–Kier alpha value is -5.48. The third-order valence-corrected chi connectivity index (χ3v) is 15.5. The molecule has 4 atom stereocenters. The van der Waals surface area contributed by atoms with Crippen molar-refractivity contribution in [3.05, 3.63) is 60.5 Å². The van der Waals surface area contributed by atoms with Gasteiger partial charge in [0.15, 0.2) is 11.6 Å². The molecule has 0 spiro atoms. The Labute approximate surface area is 406 Å². The van der Waals surface area contributed by atoms with Gasteiger partial charge in [0, 0.05) is 107 Å². The summed E-state index contributed by atoms with van der Waals surface area (Å²) in [6, 6.07) is 15.7. The van der Waals surface area contributed by atoms with Gasteiger partial charge in [-0.1, -0.05) is 31.1 Å². The number of likely N-dealkylation sites (tertiary alicyclic amines) is 2. The minimum absolute atomic E-state index is 0.0215. The number of aromatic amines is 1. The number of rotatable bonds is 14. The standard InChI is InChI=1S/C53H73N9O7/c1-33(2)49(51(64)61-20-8-10-43(61)52(65)68-53(3,4)5)46-29-47(57-69-46)59-23-15-34(16-24-59)30-58-21-17-38(18-22-58)66-39-26-40(27-39)67-48-25-35(14-19-55-48)62-36-12-13-37(62)32-60(31-36)44-28-42(56-50(44)54)41-9-6-7-11-45(41)63/h6-7,9,11,14,19,25,28-29,33-34,36-40,43,49,56,63H,8,10,12-13,15-18,20-24,26-27,30-32,54H2,1-5H3/t36?,37?,39?,40?,43-,49+/m0/s1. The number of phenols is 1. The lowest BCUT2D eigenvalue weighted by Gasteiger charge is -2.43. The van der Waals surface area contributed by atoms with E-state index in [4.69, 9.17) is 24.5 Å². The first kappa shape index (κ1) is 47.2. The molecule has 8 heterocycles. The van der Waals surface area contributed by atoms with E-state index in [-0.39, 0.29) is 35.8 Å². The van der Waals surface area contributed by atoms with Crippen LogP contribution in [0.4, 0.5) is 23.0 Å². The summed E-state index contributed by atoms with van der Waals surface area (Å²) in [5.41, 5.74) is 9.64. The molecule has 2 bridgehead atoms. The zero-order valence-electron chi connectivity index (χ0n) is 41.2. The molecule has 6 aliphatic rings. The number of aromatic nitrogens is 3. The molecule has 1 saturated carbocycles. The van der Waals surface area contributed by atoms with Crippen molar-refractivity contribution in [2.45, 2.75) is 147 Å². The number of fused-ring (bicyclic) bond motifs is 2. The number of nitrogens with one attached hydrogen (secondary N) is 1. The minimum Gasteiger partial charge on any atom is -0.507 e. The molecular weight excluding hydrogens is 875 g/mol. The molecule has 4 N–H and O–H groups in total. The van der Waals surface area contributed by atoms with Crippen LogP contribution >= 0.6 is 0 Å². The number of hydrogen-bond donors (Lipinski definition) is 3. The van der Waals surface area contributed by atoms with E-state index >= 15 is 0 Å². The lowest BCUT2D eigenvalue weighted by molar-refractivity contribution is -0.163. The summed E-state index contributed by atoms with van der Waals surface area (Å²) in [6.45, 7) is 16.9. The molecule has 0 radical (unpaired) electrons. The third kappa shape index (κ3) is 10.4. The molecule has 372 valence electrons. The number of hydrogen-bond acceptors (Lipinski definition) is 14. The molecule has 10 rings (SSSR count). The molecule has 5 saturated heterocycles. The number of amides is 1. The zero-order valence-corrected chi connectivity index (χ0v) is 41.2. The predicted octanol–water partition coefficient (Wildman–Crippen LogP) is 7.59. The Morgan fingerprint density at radius 3 is 2.33 bits per heavy atom. The van der Waals surface area contributed by atoms with E-state index < -0.39 is 17.6 Å². The summed E-state index contributed by atoms with van der Waals surface area (Å²) in [5.74, 6) is 2.57. The zero-order chi connectivity index (χ0) is 48.0. The van der Waals surface area contributed by atoms with Crippen molar-refractivity contribution in [2.24, 2.45) is 11.8 Å². The maximum atomic E-state index is 14.0. The number of esters is 1. The number of nitrogens with zero attached hydrogens (tertiary/aromatic N) is 7. The highest BCUT2D eigenvalue weighted by Crippen LogP contribution is 2.42. The Morgan fingerprint density at radius 2 is 1.62 bits per heavy atom. The monoisotopic (exact) mass is 948 g/mol.